The number of nitrogens with two attached hydrogens (primary N) is 1. The van der Waals surface area contributed by atoms with Crippen LogP contribution in [0.5, 0.6) is 5.75 Å². The van der Waals surface area contributed by atoms with Crippen LogP contribution in [0.1, 0.15) is 31.2 Å². The predicted octanol–water partition coefficient (Wildman–Crippen LogP) is 4.72. The number of nitrogens with one attached hydrogen (secondary N) is 2. The minimum absolute atomic E-state index is 0.188. The maximum Gasteiger partial charge on any atom is 0.233 e. The van der Waals surface area contributed by atoms with Gasteiger partial charge in [-0.05, 0) is 59.6 Å². The molecule has 0 aliphatic rings. The molecule has 2 aromatic heterocycles. The average molecular weight is 505 g/mol. The van der Waals surface area contributed by atoms with Crippen LogP contribution in [0.15, 0.2) is 52.8 Å². The summed E-state index contributed by atoms with van der Waals surface area (Å²) in [7, 11) is 0. The van der Waals surface area contributed by atoms with Gasteiger partial charge in [-0.25, -0.2) is 14.1 Å². The number of allylic oxidation sites excluding steroid dienone is 1. The topological polar surface area (TPSA) is 102 Å². The molecule has 3 rings (SSSR count). The van der Waals surface area contributed by atoms with Crippen LogP contribution in [0.4, 0.5) is 14.6 Å². The molecule has 32 heavy (non-hydrogen) atoms. The highest BCUT2D eigenvalue weighted by Gasteiger charge is 2.20. The number of halogens is 3. The van der Waals surface area contributed by atoms with E-state index in [9.17, 15) is 8.78 Å². The zero-order chi connectivity index (χ0) is 23.3. The molecule has 0 saturated heterocycles. The molecule has 3 aromatic rings. The van der Waals surface area contributed by atoms with E-state index in [0.29, 0.717) is 39.3 Å². The van der Waals surface area contributed by atoms with Crippen molar-refractivity contribution in [2.75, 3.05) is 12.3 Å². The van der Waals surface area contributed by atoms with E-state index in [1.807, 2.05) is 6.92 Å². The van der Waals surface area contributed by atoms with Gasteiger partial charge in [0.2, 0.25) is 5.95 Å². The van der Waals surface area contributed by atoms with Gasteiger partial charge in [0.1, 0.15) is 11.9 Å². The number of rotatable bonds is 9. The number of ether oxygens (including phenoxy) is 1. The van der Waals surface area contributed by atoms with Crippen molar-refractivity contribution in [3.8, 4) is 11.4 Å². The standard InChI is InChI=1S/C22H23BrF2N6O/c1-3-28-11-14(10-26)6-17-9-21(25)30-31(17)19-5-4-16(24)8-18(19)13(2)32-20-7-15(23)12-29-22(20)27/h4-5,7-13,26,28H,3,6H2,1-2H3,(H2,27,29)/b14-11-,26-10?. The molecule has 168 valence electrons. The Morgan fingerprint density at radius 2 is 2.12 bits per heavy atom. The van der Waals surface area contributed by atoms with Gasteiger partial charge in [0.15, 0.2) is 11.6 Å². The largest absolute Gasteiger partial charge is 0.482 e. The van der Waals surface area contributed by atoms with Gasteiger partial charge in [-0.3, -0.25) is 0 Å². The Balaban J connectivity index is 2.01. The molecule has 7 nitrogen and oxygen atoms in total. The van der Waals surface area contributed by atoms with Gasteiger partial charge in [-0.2, -0.15) is 4.39 Å². The Bertz CT molecular complexity index is 1150. The number of anilines is 1. The van der Waals surface area contributed by atoms with E-state index in [1.165, 1.54) is 35.2 Å². The number of hydrogen-bond donors (Lipinski definition) is 3. The van der Waals surface area contributed by atoms with Crippen LogP contribution in [0.25, 0.3) is 5.69 Å². The molecular weight excluding hydrogens is 482 g/mol. The van der Waals surface area contributed by atoms with E-state index in [1.54, 1.807) is 25.4 Å². The number of pyridine rings is 1. The van der Waals surface area contributed by atoms with Crippen LogP contribution in [-0.4, -0.2) is 27.5 Å². The Morgan fingerprint density at radius 1 is 1.34 bits per heavy atom. The lowest BCUT2D eigenvalue weighted by Gasteiger charge is -2.20. The summed E-state index contributed by atoms with van der Waals surface area (Å²) in [5, 5.41) is 14.6. The fraction of sp³-hybridized carbons (Fsp3) is 0.227. The van der Waals surface area contributed by atoms with Crippen LogP contribution in [0.2, 0.25) is 0 Å². The molecule has 0 fully saturated rings. The van der Waals surface area contributed by atoms with Crippen LogP contribution >= 0.6 is 15.9 Å². The van der Waals surface area contributed by atoms with E-state index in [-0.39, 0.29) is 12.2 Å². The second-order valence-electron chi connectivity index (χ2n) is 6.97. The third-order valence-electron chi connectivity index (χ3n) is 4.62. The molecule has 10 heteroatoms. The third-order valence-corrected chi connectivity index (χ3v) is 5.06. The summed E-state index contributed by atoms with van der Waals surface area (Å²) in [6.07, 6.45) is 4.03. The third kappa shape index (κ3) is 5.50. The molecule has 0 aliphatic carbocycles. The molecular formula is C22H23BrF2N6O. The second-order valence-corrected chi connectivity index (χ2v) is 7.88. The maximum absolute atomic E-state index is 14.2. The molecule has 0 spiro atoms. The summed E-state index contributed by atoms with van der Waals surface area (Å²) in [6.45, 7) is 4.35. The number of benzene rings is 1. The minimum Gasteiger partial charge on any atom is -0.482 e. The first-order valence-corrected chi connectivity index (χ1v) is 10.7. The lowest BCUT2D eigenvalue weighted by atomic mass is 10.1. The molecule has 2 heterocycles. The molecule has 4 N–H and O–H groups in total. The van der Waals surface area contributed by atoms with Gasteiger partial charge in [-0.1, -0.05) is 0 Å². The van der Waals surface area contributed by atoms with E-state index in [4.69, 9.17) is 15.9 Å². The first-order valence-electron chi connectivity index (χ1n) is 9.87. The molecule has 0 bridgehead atoms. The summed E-state index contributed by atoms with van der Waals surface area (Å²) in [5.74, 6) is -0.639. The van der Waals surface area contributed by atoms with Gasteiger partial charge in [0.25, 0.3) is 0 Å². The SMILES string of the molecule is CCN/C=C(\C=N)Cc1cc(F)nn1-c1ccc(F)cc1C(C)Oc1cc(Br)cnc1N. The highest BCUT2D eigenvalue weighted by molar-refractivity contribution is 9.10. The molecule has 0 saturated carbocycles. The van der Waals surface area contributed by atoms with Crippen LogP contribution in [0.3, 0.4) is 0 Å². The quantitative estimate of drug-likeness (QED) is 0.366. The molecule has 1 unspecified atom stereocenters. The van der Waals surface area contributed by atoms with Crippen molar-refractivity contribution < 1.29 is 13.5 Å². The fourth-order valence-electron chi connectivity index (χ4n) is 3.13. The zero-order valence-electron chi connectivity index (χ0n) is 17.6. The molecule has 0 amide bonds. The number of aromatic nitrogens is 3. The lowest BCUT2D eigenvalue weighted by molar-refractivity contribution is 0.226. The Labute approximate surface area is 192 Å². The average Bonchev–Trinajstić information content (AvgIpc) is 3.13. The summed E-state index contributed by atoms with van der Waals surface area (Å²) < 4.78 is 36.4. The van der Waals surface area contributed by atoms with Crippen molar-refractivity contribution in [3.05, 3.63) is 75.8 Å². The van der Waals surface area contributed by atoms with E-state index in [0.717, 1.165) is 0 Å². The lowest BCUT2D eigenvalue weighted by Crippen LogP contribution is -2.13. The minimum atomic E-state index is -0.683. The normalized spacial score (nSPS) is 12.5. The van der Waals surface area contributed by atoms with Gasteiger partial charge in [-0.15, -0.1) is 5.10 Å². The van der Waals surface area contributed by atoms with Crippen LogP contribution in [-0.2, 0) is 6.42 Å². The van der Waals surface area contributed by atoms with Gasteiger partial charge >= 0.3 is 0 Å². The van der Waals surface area contributed by atoms with Crippen molar-refractivity contribution in [1.82, 2.24) is 20.1 Å². The highest BCUT2D eigenvalue weighted by Crippen LogP contribution is 2.32. The van der Waals surface area contributed by atoms with Crippen molar-refractivity contribution in [3.63, 3.8) is 0 Å². The Hall–Kier alpha value is -3.27. The van der Waals surface area contributed by atoms with Gasteiger partial charge < -0.3 is 21.2 Å². The second kappa shape index (κ2) is 10.4. The first kappa shape index (κ1) is 23.4. The van der Waals surface area contributed by atoms with E-state index < -0.39 is 17.9 Å². The summed E-state index contributed by atoms with van der Waals surface area (Å²) >= 11 is 3.32. The van der Waals surface area contributed by atoms with Crippen molar-refractivity contribution in [2.45, 2.75) is 26.4 Å². The van der Waals surface area contributed by atoms with Crippen LogP contribution < -0.4 is 15.8 Å². The summed E-state index contributed by atoms with van der Waals surface area (Å²) in [4.78, 5) is 4.04. The van der Waals surface area contributed by atoms with Crippen molar-refractivity contribution in [1.29, 1.82) is 5.41 Å². The number of nitrogens with zero attached hydrogens (tertiary/aromatic N) is 3. The Morgan fingerprint density at radius 3 is 2.84 bits per heavy atom. The number of hydrogen-bond acceptors (Lipinski definition) is 6. The van der Waals surface area contributed by atoms with E-state index >= 15 is 0 Å². The zero-order valence-corrected chi connectivity index (χ0v) is 19.2. The van der Waals surface area contributed by atoms with E-state index in [2.05, 4.69) is 31.3 Å². The molecule has 1 atom stereocenters. The summed E-state index contributed by atoms with van der Waals surface area (Å²) in [5.41, 5.74) is 7.93. The van der Waals surface area contributed by atoms with Crippen molar-refractivity contribution in [2.24, 2.45) is 0 Å². The summed E-state index contributed by atoms with van der Waals surface area (Å²) in [6, 6.07) is 7.06. The number of nitrogen functional groups attached to an aromatic ring is 1. The molecule has 0 aliphatic heterocycles. The molecule has 1 aromatic carbocycles. The van der Waals surface area contributed by atoms with Crippen LogP contribution in [0, 0.1) is 17.2 Å². The van der Waals surface area contributed by atoms with Crippen molar-refractivity contribution >= 4 is 28.0 Å². The highest BCUT2D eigenvalue weighted by atomic mass is 79.9. The Kier molecular flexibility index (Phi) is 7.57. The van der Waals surface area contributed by atoms with Gasteiger partial charge in [0.05, 0.1) is 11.4 Å². The fourth-order valence-corrected chi connectivity index (χ4v) is 3.44. The van der Waals surface area contributed by atoms with Gasteiger partial charge in [0, 0.05) is 47.7 Å². The first-order chi connectivity index (χ1) is 15.3. The maximum atomic E-state index is 14.2. The molecule has 0 radical (unpaired) electrons. The predicted molar refractivity (Wildman–Crippen MR) is 123 cm³/mol. The monoisotopic (exact) mass is 504 g/mol. The smallest absolute Gasteiger partial charge is 0.233 e.